The van der Waals surface area contributed by atoms with E-state index >= 15 is 0 Å². The Balaban J connectivity index is 4.50. The monoisotopic (exact) mass is 834 g/mol. The maximum Gasteiger partial charge on any atom is 0.472 e. The number of rotatable bonds is 39. The van der Waals surface area contributed by atoms with Crippen LogP contribution in [0.15, 0.2) is 85.1 Å². The van der Waals surface area contributed by atoms with Crippen LogP contribution in [0.25, 0.3) is 0 Å². The lowest BCUT2D eigenvalue weighted by atomic mass is 10.1. The van der Waals surface area contributed by atoms with Crippen molar-refractivity contribution >= 4 is 25.7 Å². The molecule has 0 heterocycles. The third-order valence-electron chi connectivity index (χ3n) is 8.64. The van der Waals surface area contributed by atoms with E-state index in [1.54, 1.807) is 0 Å². The van der Waals surface area contributed by atoms with Crippen LogP contribution in [0.2, 0.25) is 0 Å². The average molecular weight is 834 g/mol. The van der Waals surface area contributed by atoms with Gasteiger partial charge in [0.2, 0.25) is 0 Å². The van der Waals surface area contributed by atoms with E-state index in [1.807, 2.05) is 12.2 Å². The highest BCUT2D eigenvalue weighted by molar-refractivity contribution is 7.47. The maximum absolute atomic E-state index is 12.6. The third-order valence-corrected chi connectivity index (χ3v) is 9.59. The van der Waals surface area contributed by atoms with Gasteiger partial charge in [0.1, 0.15) is 12.6 Å². The molecule has 330 valence electrons. The molecule has 0 aromatic heterocycles. The molecule has 12 heteroatoms. The van der Waals surface area contributed by atoms with Gasteiger partial charge < -0.3 is 25.2 Å². The molecule has 3 atom stereocenters. The lowest BCUT2D eigenvalue weighted by Gasteiger charge is -2.20. The molecule has 0 saturated carbocycles. The molecule has 0 amide bonds. The number of carbonyl (C=O) groups excluding carboxylic acids is 2. The van der Waals surface area contributed by atoms with Crippen LogP contribution < -0.4 is 5.73 Å². The van der Waals surface area contributed by atoms with Crippen LogP contribution in [0.3, 0.4) is 0 Å². The summed E-state index contributed by atoms with van der Waals surface area (Å²) in [5.41, 5.74) is 5.33. The molecule has 0 bridgehead atoms. The second-order valence-electron chi connectivity index (χ2n) is 14.1. The third kappa shape index (κ3) is 39.5. The van der Waals surface area contributed by atoms with Gasteiger partial charge in [0.15, 0.2) is 6.10 Å². The molecular formula is C46H76NO10P. The van der Waals surface area contributed by atoms with E-state index in [1.165, 1.54) is 51.4 Å². The fourth-order valence-corrected chi connectivity index (χ4v) is 6.03. The van der Waals surface area contributed by atoms with Gasteiger partial charge in [-0.15, -0.1) is 0 Å². The fourth-order valence-electron chi connectivity index (χ4n) is 5.25. The fraction of sp³-hybridized carbons (Fsp3) is 0.630. The first-order valence-electron chi connectivity index (χ1n) is 21.6. The van der Waals surface area contributed by atoms with Gasteiger partial charge in [-0.05, 0) is 70.6 Å². The van der Waals surface area contributed by atoms with Crippen molar-refractivity contribution in [1.29, 1.82) is 0 Å². The number of aliphatic carboxylic acids is 1. The molecule has 0 saturated heterocycles. The summed E-state index contributed by atoms with van der Waals surface area (Å²) >= 11 is 0. The molecule has 1 unspecified atom stereocenters. The number of hydrogen-bond donors (Lipinski definition) is 3. The van der Waals surface area contributed by atoms with Crippen molar-refractivity contribution < 1.29 is 47.5 Å². The zero-order valence-electron chi connectivity index (χ0n) is 35.6. The van der Waals surface area contributed by atoms with Crippen molar-refractivity contribution in [3.05, 3.63) is 85.1 Å². The molecule has 4 N–H and O–H groups in total. The first kappa shape index (κ1) is 54.7. The summed E-state index contributed by atoms with van der Waals surface area (Å²) in [4.78, 5) is 45.9. The Morgan fingerprint density at radius 2 is 1.00 bits per heavy atom. The molecule has 0 rings (SSSR count). The summed E-state index contributed by atoms with van der Waals surface area (Å²) in [6, 6.07) is -1.53. The number of allylic oxidation sites excluding steroid dienone is 14. The summed E-state index contributed by atoms with van der Waals surface area (Å²) in [5.74, 6) is -2.50. The summed E-state index contributed by atoms with van der Waals surface area (Å²) in [5, 5.41) is 8.89. The van der Waals surface area contributed by atoms with Crippen LogP contribution in [-0.4, -0.2) is 59.9 Å². The van der Waals surface area contributed by atoms with E-state index in [9.17, 15) is 23.8 Å². The van der Waals surface area contributed by atoms with Crippen molar-refractivity contribution in [2.24, 2.45) is 5.73 Å². The topological polar surface area (TPSA) is 172 Å². The van der Waals surface area contributed by atoms with Gasteiger partial charge in [0, 0.05) is 12.8 Å². The van der Waals surface area contributed by atoms with Gasteiger partial charge in [-0.25, -0.2) is 4.57 Å². The first-order chi connectivity index (χ1) is 28.1. The quantitative estimate of drug-likeness (QED) is 0.0233. The van der Waals surface area contributed by atoms with Gasteiger partial charge in [-0.1, -0.05) is 157 Å². The highest BCUT2D eigenvalue weighted by Gasteiger charge is 2.28. The van der Waals surface area contributed by atoms with Gasteiger partial charge in [-0.3, -0.25) is 23.4 Å². The van der Waals surface area contributed by atoms with Crippen molar-refractivity contribution in [2.75, 3.05) is 19.8 Å². The Morgan fingerprint density at radius 3 is 1.52 bits per heavy atom. The summed E-state index contributed by atoms with van der Waals surface area (Å²) in [7, 11) is -4.74. The number of esters is 2. The Morgan fingerprint density at radius 1 is 0.552 bits per heavy atom. The minimum atomic E-state index is -4.74. The number of phosphoric ester groups is 1. The van der Waals surface area contributed by atoms with E-state index in [2.05, 4.69) is 91.3 Å². The Hall–Kier alpha value is -3.34. The molecule has 0 aliphatic heterocycles. The van der Waals surface area contributed by atoms with Crippen molar-refractivity contribution in [1.82, 2.24) is 0 Å². The van der Waals surface area contributed by atoms with Gasteiger partial charge in [0.05, 0.1) is 13.2 Å². The van der Waals surface area contributed by atoms with Gasteiger partial charge in [-0.2, -0.15) is 0 Å². The molecule has 58 heavy (non-hydrogen) atoms. The van der Waals surface area contributed by atoms with Crippen LogP contribution in [0.4, 0.5) is 0 Å². The van der Waals surface area contributed by atoms with Crippen molar-refractivity contribution in [2.45, 2.75) is 167 Å². The predicted octanol–water partition coefficient (Wildman–Crippen LogP) is 11.5. The number of unbranched alkanes of at least 4 members (excludes halogenated alkanes) is 11. The predicted molar refractivity (Wildman–Crippen MR) is 235 cm³/mol. The highest BCUT2D eigenvalue weighted by Crippen LogP contribution is 2.43. The van der Waals surface area contributed by atoms with Crippen molar-refractivity contribution in [3.63, 3.8) is 0 Å². The molecule has 0 radical (unpaired) electrons. The van der Waals surface area contributed by atoms with E-state index in [0.29, 0.717) is 12.8 Å². The molecule has 0 aromatic carbocycles. The Labute approximate surface area is 350 Å². The first-order valence-corrected chi connectivity index (χ1v) is 23.1. The highest BCUT2D eigenvalue weighted by atomic mass is 31.2. The molecule has 0 aromatic rings. The van der Waals surface area contributed by atoms with Crippen LogP contribution in [0.1, 0.15) is 155 Å². The summed E-state index contributed by atoms with van der Waals surface area (Å²) < 4.78 is 32.6. The largest absolute Gasteiger partial charge is 0.480 e. The normalized spacial score (nSPS) is 14.6. The molecule has 0 spiro atoms. The Bertz CT molecular complexity index is 1300. The molecular weight excluding hydrogens is 757 g/mol. The summed E-state index contributed by atoms with van der Waals surface area (Å²) in [6.07, 6.45) is 49.4. The van der Waals surface area contributed by atoms with Crippen LogP contribution >= 0.6 is 7.82 Å². The van der Waals surface area contributed by atoms with Crippen molar-refractivity contribution in [3.8, 4) is 0 Å². The van der Waals surface area contributed by atoms with Gasteiger partial charge >= 0.3 is 25.7 Å². The second-order valence-corrected chi connectivity index (χ2v) is 15.5. The lowest BCUT2D eigenvalue weighted by molar-refractivity contribution is -0.161. The zero-order valence-corrected chi connectivity index (χ0v) is 36.5. The maximum atomic E-state index is 12.6. The van der Waals surface area contributed by atoms with E-state index in [-0.39, 0.29) is 12.8 Å². The van der Waals surface area contributed by atoms with Crippen LogP contribution in [0, 0.1) is 0 Å². The van der Waals surface area contributed by atoms with E-state index in [0.717, 1.165) is 64.2 Å². The average Bonchev–Trinajstić information content (AvgIpc) is 3.20. The molecule has 0 aliphatic rings. The zero-order chi connectivity index (χ0) is 42.8. The Kier molecular flexibility index (Phi) is 38.1. The minimum absolute atomic E-state index is 0.0921. The van der Waals surface area contributed by atoms with Crippen LogP contribution in [0.5, 0.6) is 0 Å². The molecule has 11 nitrogen and oxygen atoms in total. The van der Waals surface area contributed by atoms with E-state index in [4.69, 9.17) is 24.8 Å². The molecule has 0 fully saturated rings. The molecule has 0 aliphatic carbocycles. The standard InChI is InChI=1S/C46H76NO10P/c1-3-5-7-9-11-13-15-17-19-20-21-22-24-25-27-29-31-33-35-37-44(48)54-39-42(40-55-58(52,53)56-41-43(47)46(50)51)57-45(49)38-36-34-32-30-28-26-23-18-16-14-12-10-8-6-4-2/h5,7,10-13,17,19,21-22,25,27,31,33,42-43H,3-4,6,8-9,14-16,18,20,23-24,26,28-30,32,34-41,47H2,1-2H3,(H,50,51)(H,52,53)/b7-5+,12-10+,13-11+,19-17+,22-21+,27-25+,33-31+/t42-,43+/m1/s1. The van der Waals surface area contributed by atoms with Gasteiger partial charge in [0.25, 0.3) is 0 Å². The SMILES string of the molecule is CC/C=C/C/C=C/C/C=C/C/C=C/C/C=C/C/C=C/CCC(=O)OC[C@H](COP(=O)(O)OC[C@H](N)C(=O)O)OC(=O)CCCCCCCCCCC/C=C/CCCC. The number of hydrogen-bond acceptors (Lipinski definition) is 9. The minimum Gasteiger partial charge on any atom is -0.480 e. The number of phosphoric acid groups is 1. The number of carboxylic acids is 1. The number of nitrogens with two attached hydrogens (primary N) is 1. The van der Waals surface area contributed by atoms with E-state index < -0.39 is 57.7 Å². The van der Waals surface area contributed by atoms with Crippen LogP contribution in [-0.2, 0) is 37.5 Å². The lowest BCUT2D eigenvalue weighted by Crippen LogP contribution is -2.34. The number of ether oxygens (including phenoxy) is 2. The number of carboxylic acid groups (broad SMARTS) is 1. The summed E-state index contributed by atoms with van der Waals surface area (Å²) in [6.45, 7) is 2.57. The second kappa shape index (κ2) is 40.4. The smallest absolute Gasteiger partial charge is 0.472 e. The number of carbonyl (C=O) groups is 3.